The second-order valence-corrected chi connectivity index (χ2v) is 10.1. The van der Waals surface area contributed by atoms with Crippen LogP contribution in [0.2, 0.25) is 5.02 Å². The lowest BCUT2D eigenvalue weighted by Gasteiger charge is -2.28. The van der Waals surface area contributed by atoms with E-state index in [0.29, 0.717) is 23.6 Å². The third-order valence-electron chi connectivity index (χ3n) is 5.01. The Bertz CT molecular complexity index is 952. The van der Waals surface area contributed by atoms with Gasteiger partial charge in [0, 0.05) is 28.6 Å². The van der Waals surface area contributed by atoms with Crippen molar-refractivity contribution in [1.29, 1.82) is 0 Å². The van der Waals surface area contributed by atoms with Gasteiger partial charge in [-0.15, -0.1) is 0 Å². The van der Waals surface area contributed by atoms with Gasteiger partial charge in [0.15, 0.2) is 15.6 Å². The molecular weight excluding hydrogens is 388 g/mol. The van der Waals surface area contributed by atoms with Crippen molar-refractivity contribution in [3.05, 3.63) is 34.5 Å². The highest BCUT2D eigenvalue weighted by Crippen LogP contribution is 2.30. The molecule has 0 saturated carbocycles. The molecule has 3 rings (SSSR count). The lowest BCUT2D eigenvalue weighted by molar-refractivity contribution is 0.0659. The van der Waals surface area contributed by atoms with Crippen LogP contribution in [0.15, 0.2) is 22.6 Å². The van der Waals surface area contributed by atoms with E-state index in [-0.39, 0.29) is 29.2 Å². The highest BCUT2D eigenvalue weighted by Gasteiger charge is 2.36. The molecule has 1 aromatic carbocycles. The number of aryl methyl sites for hydroxylation is 1. The zero-order valence-corrected chi connectivity index (χ0v) is 17.4. The van der Waals surface area contributed by atoms with Crippen molar-refractivity contribution in [2.24, 2.45) is 0 Å². The average Bonchev–Trinajstić information content (AvgIpc) is 3.11. The zero-order chi connectivity index (χ0) is 19.8. The molecule has 8 heteroatoms. The molecule has 0 spiro atoms. The lowest BCUT2D eigenvalue weighted by atomic mass is 10.1. The van der Waals surface area contributed by atoms with Crippen LogP contribution in [-0.2, 0) is 9.84 Å². The minimum absolute atomic E-state index is 0.0197. The predicted octanol–water partition coefficient (Wildman–Crippen LogP) is 2.98. The van der Waals surface area contributed by atoms with E-state index in [1.54, 1.807) is 23.1 Å². The number of nitrogens with zero attached hydrogens (tertiary/aromatic N) is 2. The summed E-state index contributed by atoms with van der Waals surface area (Å²) < 4.78 is 29.7. The molecule has 1 aliphatic heterocycles. The van der Waals surface area contributed by atoms with Crippen molar-refractivity contribution >= 4 is 38.3 Å². The third-order valence-corrected chi connectivity index (χ3v) is 6.99. The monoisotopic (exact) mass is 412 g/mol. The van der Waals surface area contributed by atoms with Crippen LogP contribution in [0.25, 0.3) is 11.0 Å². The Morgan fingerprint density at radius 2 is 2.04 bits per heavy atom. The number of halogens is 1. The van der Waals surface area contributed by atoms with Crippen LogP contribution in [0, 0.1) is 6.92 Å². The van der Waals surface area contributed by atoms with E-state index in [1.807, 2.05) is 25.9 Å². The molecule has 0 aliphatic carbocycles. The smallest absolute Gasteiger partial charge is 0.290 e. The number of rotatable bonds is 6. The number of carbonyl (C=O) groups is 1. The molecule has 2 heterocycles. The van der Waals surface area contributed by atoms with E-state index in [1.165, 1.54) is 0 Å². The number of hydrogen-bond acceptors (Lipinski definition) is 5. The van der Waals surface area contributed by atoms with Gasteiger partial charge in [0.1, 0.15) is 5.58 Å². The number of hydrogen-bond donors (Lipinski definition) is 0. The number of fused-ring (bicyclic) bond motifs is 1. The lowest BCUT2D eigenvalue weighted by Crippen LogP contribution is -2.42. The Hall–Kier alpha value is -1.57. The SMILES string of the molecule is Cc1c(C(=O)N(CCCN(C)C)C2CCS(=O)(=O)C2)oc2ccc(Cl)cc12. The minimum atomic E-state index is -3.09. The number of benzene rings is 1. The summed E-state index contributed by atoms with van der Waals surface area (Å²) in [6.45, 7) is 3.14. The Morgan fingerprint density at radius 3 is 2.67 bits per heavy atom. The maximum atomic E-state index is 13.3. The summed E-state index contributed by atoms with van der Waals surface area (Å²) in [5.41, 5.74) is 1.34. The van der Waals surface area contributed by atoms with Gasteiger partial charge in [-0.2, -0.15) is 0 Å². The van der Waals surface area contributed by atoms with Crippen LogP contribution in [0.4, 0.5) is 0 Å². The minimum Gasteiger partial charge on any atom is -0.451 e. The molecule has 1 fully saturated rings. The summed E-state index contributed by atoms with van der Waals surface area (Å²) >= 11 is 6.07. The van der Waals surface area contributed by atoms with Gasteiger partial charge in [-0.1, -0.05) is 11.6 Å². The largest absolute Gasteiger partial charge is 0.451 e. The molecule has 0 N–H and O–H groups in total. The van der Waals surface area contributed by atoms with Crippen LogP contribution in [-0.4, -0.2) is 68.9 Å². The van der Waals surface area contributed by atoms with Gasteiger partial charge in [0.05, 0.1) is 11.5 Å². The molecular formula is C19H25ClN2O4S. The standard InChI is InChI=1S/C19H25ClN2O4S/c1-13-16-11-14(20)5-6-17(16)26-18(13)19(23)22(9-4-8-21(2)3)15-7-10-27(24,25)12-15/h5-6,11,15H,4,7-10,12H2,1-3H3. The second kappa shape index (κ2) is 7.81. The number of furan rings is 1. The first-order valence-electron chi connectivity index (χ1n) is 9.03. The highest BCUT2D eigenvalue weighted by molar-refractivity contribution is 7.91. The summed E-state index contributed by atoms with van der Waals surface area (Å²) in [7, 11) is 0.853. The number of amides is 1. The van der Waals surface area contributed by atoms with Gasteiger partial charge in [0.2, 0.25) is 0 Å². The van der Waals surface area contributed by atoms with Gasteiger partial charge >= 0.3 is 0 Å². The van der Waals surface area contributed by atoms with Gasteiger partial charge in [0.25, 0.3) is 5.91 Å². The molecule has 1 aromatic heterocycles. The summed E-state index contributed by atoms with van der Waals surface area (Å²) in [5.74, 6) is 0.164. The summed E-state index contributed by atoms with van der Waals surface area (Å²) in [4.78, 5) is 17.0. The van der Waals surface area contributed by atoms with Gasteiger partial charge < -0.3 is 14.2 Å². The van der Waals surface area contributed by atoms with Gasteiger partial charge in [-0.3, -0.25) is 4.79 Å². The van der Waals surface area contributed by atoms with Gasteiger partial charge in [-0.05, 0) is 58.6 Å². The average molecular weight is 413 g/mol. The highest BCUT2D eigenvalue weighted by atomic mass is 35.5. The van der Waals surface area contributed by atoms with E-state index in [2.05, 4.69) is 0 Å². The molecule has 1 amide bonds. The van der Waals surface area contributed by atoms with Crippen LogP contribution in [0.5, 0.6) is 0 Å². The van der Waals surface area contributed by atoms with Gasteiger partial charge in [-0.25, -0.2) is 8.42 Å². The van der Waals surface area contributed by atoms with E-state index >= 15 is 0 Å². The summed E-state index contributed by atoms with van der Waals surface area (Å²) in [6.07, 6.45) is 1.24. The fourth-order valence-corrected chi connectivity index (χ4v) is 5.46. The molecule has 0 bridgehead atoms. The van der Waals surface area contributed by atoms with Crippen molar-refractivity contribution in [2.45, 2.75) is 25.8 Å². The van der Waals surface area contributed by atoms with E-state index in [0.717, 1.165) is 23.9 Å². The van der Waals surface area contributed by atoms with E-state index in [4.69, 9.17) is 16.0 Å². The molecule has 0 radical (unpaired) electrons. The van der Waals surface area contributed by atoms with Crippen LogP contribution in [0.3, 0.4) is 0 Å². The molecule has 1 saturated heterocycles. The van der Waals surface area contributed by atoms with Crippen molar-refractivity contribution < 1.29 is 17.6 Å². The molecule has 1 aliphatic rings. The molecule has 2 aromatic rings. The number of carbonyl (C=O) groups excluding carboxylic acids is 1. The normalized spacial score (nSPS) is 19.1. The van der Waals surface area contributed by atoms with E-state index in [9.17, 15) is 13.2 Å². The first-order valence-corrected chi connectivity index (χ1v) is 11.2. The van der Waals surface area contributed by atoms with Crippen LogP contribution in [0.1, 0.15) is 29.0 Å². The quantitative estimate of drug-likeness (QED) is 0.729. The second-order valence-electron chi connectivity index (χ2n) is 7.41. The van der Waals surface area contributed by atoms with Crippen molar-refractivity contribution in [2.75, 3.05) is 38.7 Å². The van der Waals surface area contributed by atoms with E-state index < -0.39 is 9.84 Å². The van der Waals surface area contributed by atoms with Crippen LogP contribution >= 0.6 is 11.6 Å². The molecule has 148 valence electrons. The predicted molar refractivity (Wildman–Crippen MR) is 107 cm³/mol. The zero-order valence-electron chi connectivity index (χ0n) is 15.9. The Labute approximate surface area is 165 Å². The Balaban J connectivity index is 1.91. The topological polar surface area (TPSA) is 70.8 Å². The first kappa shape index (κ1) is 20.2. The van der Waals surface area contributed by atoms with Crippen LogP contribution < -0.4 is 0 Å². The summed E-state index contributed by atoms with van der Waals surface area (Å²) in [6, 6.07) is 4.95. The number of sulfone groups is 1. The molecule has 1 atom stereocenters. The fourth-order valence-electron chi connectivity index (χ4n) is 3.56. The maximum Gasteiger partial charge on any atom is 0.290 e. The Morgan fingerprint density at radius 1 is 1.30 bits per heavy atom. The molecule has 6 nitrogen and oxygen atoms in total. The van der Waals surface area contributed by atoms with Crippen molar-refractivity contribution in [1.82, 2.24) is 9.80 Å². The van der Waals surface area contributed by atoms with Crippen molar-refractivity contribution in [3.8, 4) is 0 Å². The molecule has 27 heavy (non-hydrogen) atoms. The maximum absolute atomic E-state index is 13.3. The van der Waals surface area contributed by atoms with Crippen molar-refractivity contribution in [3.63, 3.8) is 0 Å². The fraction of sp³-hybridized carbons (Fsp3) is 0.526. The first-order chi connectivity index (χ1) is 12.7. The Kier molecular flexibility index (Phi) is 5.84. The molecule has 1 unspecified atom stereocenters. The summed E-state index contributed by atoms with van der Waals surface area (Å²) in [5, 5.41) is 1.38. The third kappa shape index (κ3) is 4.47.